The molecule has 0 bridgehead atoms. The summed E-state index contributed by atoms with van der Waals surface area (Å²) in [6, 6.07) is 9.26. The van der Waals surface area contributed by atoms with E-state index in [0.717, 1.165) is 37.2 Å². The van der Waals surface area contributed by atoms with Gasteiger partial charge >= 0.3 is 12.1 Å². The van der Waals surface area contributed by atoms with Gasteiger partial charge in [-0.25, -0.2) is 9.59 Å². The van der Waals surface area contributed by atoms with Crippen molar-refractivity contribution < 1.29 is 28.7 Å². The average molecular weight is 976 g/mol. The van der Waals surface area contributed by atoms with Gasteiger partial charge in [-0.3, -0.25) is 14.4 Å². The van der Waals surface area contributed by atoms with Crippen LogP contribution in [0.1, 0.15) is 101 Å². The van der Waals surface area contributed by atoms with Crippen molar-refractivity contribution in [1.29, 1.82) is 0 Å². The van der Waals surface area contributed by atoms with Gasteiger partial charge in [0.2, 0.25) is 11.8 Å². The van der Waals surface area contributed by atoms with Crippen LogP contribution in [-0.4, -0.2) is 127 Å². The molecule has 2 atom stereocenters. The molecular weight excluding hydrogens is 910 g/mol. The molecule has 0 aromatic heterocycles. The molecule has 61 heavy (non-hydrogen) atoms. The fraction of sp³-hybridized carbons (Fsp3) is 0.614. The molecule has 3 saturated heterocycles. The maximum Gasteiger partial charge on any atom is 0.407 e. The molecule has 0 spiro atoms. The molecule has 17 heteroatoms. The molecule has 0 saturated carbocycles. The number of benzene rings is 2. The Balaban J connectivity index is 1.27. The van der Waals surface area contributed by atoms with E-state index in [1.54, 1.807) is 38.8 Å². The van der Waals surface area contributed by atoms with Crippen LogP contribution in [0.25, 0.3) is 0 Å². The first-order chi connectivity index (χ1) is 29.1. The van der Waals surface area contributed by atoms with Crippen LogP contribution in [-0.2, 0) is 20.7 Å². The number of ether oxygens (including phenoxy) is 1. The van der Waals surface area contributed by atoms with Gasteiger partial charge in [-0.15, -0.1) is 0 Å². The van der Waals surface area contributed by atoms with Gasteiger partial charge in [-0.2, -0.15) is 0 Å². The smallest absolute Gasteiger partial charge is 0.407 e. The molecule has 3 heterocycles. The van der Waals surface area contributed by atoms with Crippen molar-refractivity contribution in [2.24, 2.45) is 0 Å². The predicted octanol–water partition coefficient (Wildman–Crippen LogP) is 6.01. The van der Waals surface area contributed by atoms with E-state index in [4.69, 9.17) is 10.5 Å². The Bertz CT molecular complexity index is 1800. The maximum atomic E-state index is 14.5. The third-order valence-corrected chi connectivity index (χ3v) is 12.9. The van der Waals surface area contributed by atoms with Crippen molar-refractivity contribution in [1.82, 2.24) is 36.0 Å². The van der Waals surface area contributed by atoms with Crippen molar-refractivity contribution in [2.45, 2.75) is 121 Å². The monoisotopic (exact) mass is 973 g/mol. The molecule has 0 aliphatic carbocycles. The number of likely N-dealkylation sites (tertiary alicyclic amines) is 3. The van der Waals surface area contributed by atoms with Crippen LogP contribution >= 0.6 is 31.9 Å². The average Bonchev–Trinajstić information content (AvgIpc) is 3.24. The van der Waals surface area contributed by atoms with E-state index in [-0.39, 0.29) is 30.3 Å². The number of para-hydroxylation sites is 1. The molecule has 6 amide bonds. The molecular formula is C44H65Br2N9O6. The summed E-state index contributed by atoms with van der Waals surface area (Å²) in [4.78, 5) is 73.6. The zero-order chi connectivity index (χ0) is 44.1. The lowest BCUT2D eigenvalue weighted by atomic mass is 9.98. The van der Waals surface area contributed by atoms with E-state index in [1.807, 2.05) is 35.2 Å². The fourth-order valence-corrected chi connectivity index (χ4v) is 9.57. The molecule has 336 valence electrons. The number of urea groups is 1. The number of unbranched alkanes of at least 4 members (excludes halogenated alkanes) is 1. The minimum absolute atomic E-state index is 0.0365. The molecule has 0 radical (unpaired) electrons. The summed E-state index contributed by atoms with van der Waals surface area (Å²) in [6.07, 6.45) is 7.87. The summed E-state index contributed by atoms with van der Waals surface area (Å²) in [5, 5.41) is 15.0. The van der Waals surface area contributed by atoms with Gasteiger partial charge in [0.15, 0.2) is 0 Å². The zero-order valence-electron chi connectivity index (χ0n) is 36.1. The highest BCUT2D eigenvalue weighted by atomic mass is 79.9. The molecule has 3 fully saturated rings. The van der Waals surface area contributed by atoms with Crippen LogP contribution in [0.15, 0.2) is 45.3 Å². The Morgan fingerprint density at radius 3 is 2.11 bits per heavy atom. The Labute approximate surface area is 377 Å². The van der Waals surface area contributed by atoms with E-state index >= 15 is 0 Å². The van der Waals surface area contributed by atoms with Gasteiger partial charge in [-0.1, -0.05) is 18.6 Å². The van der Waals surface area contributed by atoms with Gasteiger partial charge in [0.1, 0.15) is 17.7 Å². The highest BCUT2D eigenvalue weighted by molar-refractivity contribution is 9.11. The number of piperidine rings is 3. The van der Waals surface area contributed by atoms with Crippen molar-refractivity contribution in [3.05, 3.63) is 56.5 Å². The van der Waals surface area contributed by atoms with Crippen molar-refractivity contribution in [3.63, 3.8) is 0 Å². The minimum Gasteiger partial charge on any atom is -0.444 e. The number of alkyl carbamates (subject to hydrolysis) is 1. The van der Waals surface area contributed by atoms with Crippen LogP contribution in [0, 0.1) is 0 Å². The lowest BCUT2D eigenvalue weighted by Gasteiger charge is -2.41. The predicted molar refractivity (Wildman–Crippen MR) is 245 cm³/mol. The lowest BCUT2D eigenvalue weighted by molar-refractivity contribution is -0.138. The van der Waals surface area contributed by atoms with Gasteiger partial charge in [0.05, 0.1) is 11.3 Å². The van der Waals surface area contributed by atoms with Crippen LogP contribution in [0.2, 0.25) is 0 Å². The second kappa shape index (κ2) is 22.8. The first kappa shape index (κ1) is 48.0. The van der Waals surface area contributed by atoms with Crippen LogP contribution in [0.5, 0.6) is 0 Å². The second-order valence-corrected chi connectivity index (χ2v) is 19.1. The number of nitrogens with one attached hydrogen (secondary N) is 5. The number of nitrogen functional groups attached to an aromatic ring is 1. The number of nitrogens with zero attached hydrogens (tertiary/aromatic N) is 3. The summed E-state index contributed by atoms with van der Waals surface area (Å²) in [7, 11) is 1.60. The maximum absolute atomic E-state index is 14.5. The largest absolute Gasteiger partial charge is 0.444 e. The Morgan fingerprint density at radius 2 is 1.48 bits per heavy atom. The topological polar surface area (TPSA) is 190 Å². The molecule has 3 aliphatic rings. The van der Waals surface area contributed by atoms with Gasteiger partial charge in [0, 0.05) is 72.9 Å². The van der Waals surface area contributed by atoms with E-state index in [9.17, 15) is 24.0 Å². The van der Waals surface area contributed by atoms with Crippen molar-refractivity contribution >= 4 is 73.1 Å². The summed E-state index contributed by atoms with van der Waals surface area (Å²) >= 11 is 7.03. The molecule has 0 unspecified atom stereocenters. The highest BCUT2D eigenvalue weighted by Gasteiger charge is 2.34. The van der Waals surface area contributed by atoms with E-state index in [2.05, 4.69) is 63.3 Å². The van der Waals surface area contributed by atoms with Gasteiger partial charge in [0.25, 0.3) is 5.91 Å². The third-order valence-electron chi connectivity index (χ3n) is 11.6. The summed E-state index contributed by atoms with van der Waals surface area (Å²) in [6.45, 7) is 10.1. The molecule has 3 aliphatic heterocycles. The van der Waals surface area contributed by atoms with Crippen molar-refractivity contribution in [2.75, 3.05) is 63.9 Å². The molecule has 2 aromatic rings. The number of anilines is 2. The number of carbonyl (C=O) groups excluding carboxylic acids is 5. The Morgan fingerprint density at radius 1 is 0.836 bits per heavy atom. The molecule has 15 nitrogen and oxygen atoms in total. The number of halogens is 2. The first-order valence-electron chi connectivity index (χ1n) is 21.8. The number of amides is 6. The normalized spacial score (nSPS) is 17.8. The highest BCUT2D eigenvalue weighted by Crippen LogP contribution is 2.30. The summed E-state index contributed by atoms with van der Waals surface area (Å²) in [5.74, 6) is -0.782. The number of nitrogens with two attached hydrogens (primary N) is 1. The van der Waals surface area contributed by atoms with Gasteiger partial charge < -0.3 is 51.8 Å². The second-order valence-electron chi connectivity index (χ2n) is 17.3. The zero-order valence-corrected chi connectivity index (χ0v) is 39.3. The lowest BCUT2D eigenvalue weighted by Crippen LogP contribution is -2.58. The van der Waals surface area contributed by atoms with E-state index < -0.39 is 29.7 Å². The molecule has 2 aromatic carbocycles. The van der Waals surface area contributed by atoms with Crippen LogP contribution < -0.4 is 32.3 Å². The Hall–Kier alpha value is -4.09. The minimum atomic E-state index is -1.01. The number of hydrogen-bond donors (Lipinski definition) is 6. The quantitative estimate of drug-likeness (QED) is 0.0918. The van der Waals surface area contributed by atoms with Crippen molar-refractivity contribution in [3.8, 4) is 0 Å². The fourth-order valence-electron chi connectivity index (χ4n) is 8.29. The number of hydrogen-bond acceptors (Lipinski definition) is 9. The molecule has 7 N–H and O–H groups in total. The first-order valence-corrected chi connectivity index (χ1v) is 23.4. The van der Waals surface area contributed by atoms with Crippen LogP contribution in [0.4, 0.5) is 21.0 Å². The molecule has 5 rings (SSSR count). The summed E-state index contributed by atoms with van der Waals surface area (Å²) < 4.78 is 6.66. The SMILES string of the molecule is CNC(=O)c1ccccc1NC1CCN(C(=O)N[C@H](Cc2cc(Br)c(N)c(Br)c2)C(=O)N[C@@H](CCCCNC(=O)OC(C)(C)C)C(=O)N2CCC(N3CCCCC3)CC2)CC1. The summed E-state index contributed by atoms with van der Waals surface area (Å²) in [5.41, 5.74) is 8.12. The number of rotatable bonds is 15. The van der Waals surface area contributed by atoms with E-state index in [1.165, 1.54) is 19.3 Å². The van der Waals surface area contributed by atoms with Crippen LogP contribution in [0.3, 0.4) is 0 Å². The van der Waals surface area contributed by atoms with E-state index in [0.29, 0.717) is 91.1 Å². The Kier molecular flexibility index (Phi) is 18.0. The van der Waals surface area contributed by atoms with Gasteiger partial charge in [-0.05, 0) is 153 Å². The number of carbonyl (C=O) groups is 5. The standard InChI is InChI=1S/C44H65Br2N9O6/c1-44(2,3)61-43(60)49-19-9-8-14-36(41(58)54-24-17-31(18-25-54)53-20-10-5-11-21-53)51-40(57)37(28-29-26-33(45)38(47)34(46)27-29)52-42(59)55-22-15-30(16-23-55)50-35-13-7-6-12-32(35)39(56)48-4/h6-7,12-13,26-27,30-31,36-37,50H,5,8-11,14-25,28,47H2,1-4H3,(H,48,56)(H,49,60)(H,51,57)(H,52,59)/t36-,37+/m0/s1. The third kappa shape index (κ3) is 14.5.